The lowest BCUT2D eigenvalue weighted by Gasteiger charge is -2.33. The van der Waals surface area contributed by atoms with Crippen molar-refractivity contribution in [1.82, 2.24) is 0 Å². The van der Waals surface area contributed by atoms with E-state index in [4.69, 9.17) is 14.2 Å². The summed E-state index contributed by atoms with van der Waals surface area (Å²) in [7, 11) is 1.53. The van der Waals surface area contributed by atoms with Gasteiger partial charge in [-0.2, -0.15) is 0 Å². The molecule has 0 aliphatic rings. The highest BCUT2D eigenvalue weighted by molar-refractivity contribution is 6.00. The zero-order valence-corrected chi connectivity index (χ0v) is 11.9. The minimum atomic E-state index is -1.28. The highest BCUT2D eigenvalue weighted by Crippen LogP contribution is 2.35. The highest BCUT2D eigenvalue weighted by atomic mass is 16.6. The van der Waals surface area contributed by atoms with Crippen molar-refractivity contribution in [3.8, 4) is 0 Å². The topological polar surface area (TPSA) is 61.8 Å². The Balaban J connectivity index is 5.31. The number of hydrogen-bond donors (Lipinski definition) is 0. The minimum absolute atomic E-state index is 0.236. The summed E-state index contributed by atoms with van der Waals surface area (Å²) in [6.07, 6.45) is 0.329. The van der Waals surface area contributed by atoms with Crippen molar-refractivity contribution in [2.75, 3.05) is 26.9 Å². The second-order valence-corrected chi connectivity index (χ2v) is 4.12. The van der Waals surface area contributed by atoms with E-state index in [2.05, 4.69) is 0 Å². The summed E-state index contributed by atoms with van der Waals surface area (Å²) in [5.41, 5.74) is -1.28. The van der Waals surface area contributed by atoms with Gasteiger partial charge in [-0.1, -0.05) is 13.8 Å². The fraction of sp³-hybridized carbons (Fsp3) is 0.846. The van der Waals surface area contributed by atoms with Crippen LogP contribution in [0.5, 0.6) is 0 Å². The Morgan fingerprint density at radius 1 is 1.06 bits per heavy atom. The zero-order valence-electron chi connectivity index (χ0n) is 11.9. The molecule has 1 atom stereocenters. The number of methoxy groups -OCH3 is 1. The van der Waals surface area contributed by atoms with Gasteiger partial charge >= 0.3 is 11.9 Å². The van der Waals surface area contributed by atoms with Gasteiger partial charge < -0.3 is 14.2 Å². The lowest BCUT2D eigenvalue weighted by molar-refractivity contribution is -0.178. The van der Waals surface area contributed by atoms with Gasteiger partial charge in [0.1, 0.15) is 0 Å². The molecule has 0 aliphatic heterocycles. The molecular weight excluding hydrogens is 236 g/mol. The number of carbonyl (C=O) groups excluding carboxylic acids is 2. The lowest BCUT2D eigenvalue weighted by atomic mass is 9.74. The molecule has 0 saturated carbocycles. The van der Waals surface area contributed by atoms with E-state index in [0.717, 1.165) is 0 Å². The van der Waals surface area contributed by atoms with Crippen LogP contribution in [0, 0.1) is 11.3 Å². The third-order valence-electron chi connectivity index (χ3n) is 3.09. The first-order valence-corrected chi connectivity index (χ1v) is 6.34. The van der Waals surface area contributed by atoms with E-state index >= 15 is 0 Å². The van der Waals surface area contributed by atoms with Gasteiger partial charge in [-0.3, -0.25) is 9.59 Å². The quantitative estimate of drug-likeness (QED) is 0.492. The second kappa shape index (κ2) is 8.08. The fourth-order valence-electron chi connectivity index (χ4n) is 2.03. The Labute approximate surface area is 109 Å². The van der Waals surface area contributed by atoms with Crippen molar-refractivity contribution in [3.05, 3.63) is 0 Å². The molecule has 0 rings (SSSR count). The van der Waals surface area contributed by atoms with Gasteiger partial charge in [0, 0.05) is 13.0 Å². The van der Waals surface area contributed by atoms with Gasteiger partial charge in [0.05, 0.1) is 19.8 Å². The zero-order chi connectivity index (χ0) is 14.2. The van der Waals surface area contributed by atoms with Crippen molar-refractivity contribution >= 4 is 11.9 Å². The maximum Gasteiger partial charge on any atom is 0.323 e. The lowest BCUT2D eigenvalue weighted by Crippen LogP contribution is -2.48. The van der Waals surface area contributed by atoms with Crippen LogP contribution >= 0.6 is 0 Å². The Bertz CT molecular complexity index is 257. The monoisotopic (exact) mass is 260 g/mol. The number of hydrogen-bond acceptors (Lipinski definition) is 5. The average Bonchev–Trinajstić information content (AvgIpc) is 2.31. The molecule has 0 bridgehead atoms. The minimum Gasteiger partial charge on any atom is -0.465 e. The molecule has 0 aromatic heterocycles. The summed E-state index contributed by atoms with van der Waals surface area (Å²) in [5, 5.41) is 0. The molecule has 106 valence electrons. The van der Waals surface area contributed by atoms with E-state index in [1.807, 2.05) is 0 Å². The average molecular weight is 260 g/mol. The first kappa shape index (κ1) is 16.9. The van der Waals surface area contributed by atoms with Crippen LogP contribution in [-0.2, 0) is 23.8 Å². The SMILES string of the molecule is CCOC(=O)C(CC)(C(=O)OCC)C(C)COC. The van der Waals surface area contributed by atoms with E-state index in [1.54, 1.807) is 27.7 Å². The molecule has 0 aromatic carbocycles. The molecule has 1 unspecified atom stereocenters. The van der Waals surface area contributed by atoms with E-state index in [1.165, 1.54) is 7.11 Å². The number of rotatable bonds is 8. The summed E-state index contributed by atoms with van der Waals surface area (Å²) < 4.78 is 15.1. The summed E-state index contributed by atoms with van der Waals surface area (Å²) in [6.45, 7) is 7.76. The van der Waals surface area contributed by atoms with Crippen molar-refractivity contribution < 1.29 is 23.8 Å². The van der Waals surface area contributed by atoms with Crippen molar-refractivity contribution in [2.24, 2.45) is 11.3 Å². The Morgan fingerprint density at radius 2 is 1.50 bits per heavy atom. The predicted molar refractivity (Wildman–Crippen MR) is 67.0 cm³/mol. The van der Waals surface area contributed by atoms with Crippen LogP contribution in [0.3, 0.4) is 0 Å². The standard InChI is InChI=1S/C13H24O5/c1-6-13(10(4)9-16-5,11(14)17-7-2)12(15)18-8-3/h10H,6-9H2,1-5H3. The van der Waals surface area contributed by atoms with Crippen LogP contribution in [0.25, 0.3) is 0 Å². The number of ether oxygens (including phenoxy) is 3. The first-order valence-electron chi connectivity index (χ1n) is 6.34. The summed E-state index contributed by atoms with van der Waals surface area (Å²) in [6, 6.07) is 0. The van der Waals surface area contributed by atoms with Gasteiger partial charge in [0.2, 0.25) is 0 Å². The number of carbonyl (C=O) groups is 2. The predicted octanol–water partition coefficient (Wildman–Crippen LogP) is 1.79. The van der Waals surface area contributed by atoms with Gasteiger partial charge in [-0.15, -0.1) is 0 Å². The normalized spacial score (nSPS) is 12.9. The smallest absolute Gasteiger partial charge is 0.323 e. The summed E-state index contributed by atoms with van der Waals surface area (Å²) >= 11 is 0. The molecule has 0 radical (unpaired) electrons. The molecule has 18 heavy (non-hydrogen) atoms. The largest absolute Gasteiger partial charge is 0.465 e. The third-order valence-corrected chi connectivity index (χ3v) is 3.09. The number of esters is 2. The summed E-state index contributed by atoms with van der Waals surface area (Å²) in [4.78, 5) is 24.3. The van der Waals surface area contributed by atoms with Crippen LogP contribution in [0.4, 0.5) is 0 Å². The molecule has 0 heterocycles. The van der Waals surface area contributed by atoms with E-state index < -0.39 is 17.4 Å². The molecule has 5 nitrogen and oxygen atoms in total. The maximum atomic E-state index is 12.2. The van der Waals surface area contributed by atoms with Gasteiger partial charge in [0.15, 0.2) is 5.41 Å². The third kappa shape index (κ3) is 3.45. The van der Waals surface area contributed by atoms with E-state index in [9.17, 15) is 9.59 Å². The van der Waals surface area contributed by atoms with Crippen LogP contribution in [0.15, 0.2) is 0 Å². The van der Waals surface area contributed by atoms with Crippen molar-refractivity contribution in [3.63, 3.8) is 0 Å². The molecule has 0 spiro atoms. The molecule has 0 aliphatic carbocycles. The van der Waals surface area contributed by atoms with E-state index in [-0.39, 0.29) is 19.1 Å². The summed E-state index contributed by atoms with van der Waals surface area (Å²) in [5.74, 6) is -1.36. The van der Waals surface area contributed by atoms with Crippen LogP contribution in [0.2, 0.25) is 0 Å². The Morgan fingerprint density at radius 3 is 1.78 bits per heavy atom. The molecule has 0 amide bonds. The van der Waals surface area contributed by atoms with Gasteiger partial charge in [-0.25, -0.2) is 0 Å². The molecule has 0 N–H and O–H groups in total. The molecule has 0 saturated heterocycles. The molecule has 0 fully saturated rings. The first-order chi connectivity index (χ1) is 8.50. The van der Waals surface area contributed by atoms with Crippen LogP contribution < -0.4 is 0 Å². The Hall–Kier alpha value is -1.10. The van der Waals surface area contributed by atoms with Crippen LogP contribution in [-0.4, -0.2) is 38.9 Å². The molecule has 0 aromatic rings. The fourth-order valence-corrected chi connectivity index (χ4v) is 2.03. The second-order valence-electron chi connectivity index (χ2n) is 4.12. The van der Waals surface area contributed by atoms with Gasteiger partial charge in [0.25, 0.3) is 0 Å². The Kier molecular flexibility index (Phi) is 7.59. The maximum absolute atomic E-state index is 12.2. The van der Waals surface area contributed by atoms with Crippen LogP contribution in [0.1, 0.15) is 34.1 Å². The van der Waals surface area contributed by atoms with Crippen molar-refractivity contribution in [1.29, 1.82) is 0 Å². The molecule has 5 heteroatoms. The van der Waals surface area contributed by atoms with Crippen molar-refractivity contribution in [2.45, 2.75) is 34.1 Å². The van der Waals surface area contributed by atoms with E-state index in [0.29, 0.717) is 13.0 Å². The molecular formula is C13H24O5. The van der Waals surface area contributed by atoms with Gasteiger partial charge in [-0.05, 0) is 20.3 Å². The highest BCUT2D eigenvalue weighted by Gasteiger charge is 2.51.